The van der Waals surface area contributed by atoms with E-state index in [0.717, 1.165) is 24.3 Å². The van der Waals surface area contributed by atoms with E-state index in [2.05, 4.69) is 16.7 Å². The van der Waals surface area contributed by atoms with Gasteiger partial charge in [-0.3, -0.25) is 0 Å². The Labute approximate surface area is 140 Å². The quantitative estimate of drug-likeness (QED) is 0.693. The molecule has 2 aromatic rings. The van der Waals surface area contributed by atoms with Crippen molar-refractivity contribution in [1.29, 1.82) is 0 Å². The number of hydrogen-bond acceptors (Lipinski definition) is 4. The van der Waals surface area contributed by atoms with Gasteiger partial charge in [0.05, 0.1) is 13.7 Å². The van der Waals surface area contributed by atoms with Gasteiger partial charge in [-0.15, -0.1) is 11.3 Å². The molecule has 6 heteroatoms. The van der Waals surface area contributed by atoms with Crippen molar-refractivity contribution in [2.45, 2.75) is 12.8 Å². The molecule has 0 saturated carbocycles. The molecule has 5 nitrogen and oxygen atoms in total. The average molecular weight is 334 g/mol. The highest BCUT2D eigenvalue weighted by atomic mass is 32.1. The number of methoxy groups -OCH3 is 1. The van der Waals surface area contributed by atoms with E-state index in [9.17, 15) is 4.79 Å². The van der Waals surface area contributed by atoms with Gasteiger partial charge >= 0.3 is 6.03 Å². The van der Waals surface area contributed by atoms with Crippen LogP contribution in [0.15, 0.2) is 41.8 Å². The Balaban J connectivity index is 1.50. The molecule has 1 aromatic carbocycles. The number of benzene rings is 1. The standard InChI is InChI=1S/C17H22N2O3S/c1-21-14-5-7-15(8-6-14)22-12-3-10-18-17(20)19-11-9-16-4-2-13-23-16/h2,4-8,13H,3,9-12H2,1H3,(H2,18,19,20). The van der Waals surface area contributed by atoms with Crippen molar-refractivity contribution in [3.05, 3.63) is 46.7 Å². The fourth-order valence-electron chi connectivity index (χ4n) is 1.95. The number of carbonyl (C=O) groups excluding carboxylic acids is 1. The van der Waals surface area contributed by atoms with Crippen LogP contribution in [0.5, 0.6) is 11.5 Å². The Morgan fingerprint density at radius 1 is 1.09 bits per heavy atom. The topological polar surface area (TPSA) is 59.6 Å². The zero-order valence-corrected chi connectivity index (χ0v) is 14.0. The third kappa shape index (κ3) is 6.61. The Morgan fingerprint density at radius 3 is 2.52 bits per heavy atom. The number of rotatable bonds is 9. The van der Waals surface area contributed by atoms with Crippen LogP contribution in [-0.2, 0) is 6.42 Å². The summed E-state index contributed by atoms with van der Waals surface area (Å²) in [7, 11) is 1.63. The number of amides is 2. The van der Waals surface area contributed by atoms with E-state index in [-0.39, 0.29) is 6.03 Å². The summed E-state index contributed by atoms with van der Waals surface area (Å²) in [5, 5.41) is 7.70. The summed E-state index contributed by atoms with van der Waals surface area (Å²) in [4.78, 5) is 12.9. The van der Waals surface area contributed by atoms with Gasteiger partial charge in [0.1, 0.15) is 11.5 Å². The Morgan fingerprint density at radius 2 is 1.83 bits per heavy atom. The van der Waals surface area contributed by atoms with E-state index in [1.807, 2.05) is 35.7 Å². The summed E-state index contributed by atoms with van der Waals surface area (Å²) in [6, 6.07) is 11.4. The molecule has 1 heterocycles. The minimum absolute atomic E-state index is 0.133. The largest absolute Gasteiger partial charge is 0.497 e. The van der Waals surface area contributed by atoms with Crippen LogP contribution in [0.3, 0.4) is 0 Å². The third-order valence-electron chi connectivity index (χ3n) is 3.17. The lowest BCUT2D eigenvalue weighted by Crippen LogP contribution is -2.37. The first-order chi connectivity index (χ1) is 11.3. The number of nitrogens with one attached hydrogen (secondary N) is 2. The molecule has 0 saturated heterocycles. The molecule has 2 amide bonds. The van der Waals surface area contributed by atoms with E-state index in [1.165, 1.54) is 4.88 Å². The molecule has 0 fully saturated rings. The van der Waals surface area contributed by atoms with Crippen molar-refractivity contribution in [2.24, 2.45) is 0 Å². The molecule has 0 spiro atoms. The normalized spacial score (nSPS) is 10.1. The fraction of sp³-hybridized carbons (Fsp3) is 0.353. The first kappa shape index (κ1) is 17.1. The molecule has 0 unspecified atom stereocenters. The lowest BCUT2D eigenvalue weighted by Gasteiger charge is -2.09. The SMILES string of the molecule is COc1ccc(OCCCNC(=O)NCCc2cccs2)cc1. The number of carbonyl (C=O) groups is 1. The van der Waals surface area contributed by atoms with Crippen molar-refractivity contribution in [1.82, 2.24) is 10.6 Å². The molecule has 0 radical (unpaired) electrons. The van der Waals surface area contributed by atoms with Gasteiger partial charge in [0.25, 0.3) is 0 Å². The van der Waals surface area contributed by atoms with Crippen LogP contribution in [0, 0.1) is 0 Å². The van der Waals surface area contributed by atoms with Crippen LogP contribution in [0.1, 0.15) is 11.3 Å². The summed E-state index contributed by atoms with van der Waals surface area (Å²) < 4.78 is 10.7. The Bertz CT molecular complexity index is 570. The van der Waals surface area contributed by atoms with Crippen LogP contribution in [0.2, 0.25) is 0 Å². The molecule has 23 heavy (non-hydrogen) atoms. The van der Waals surface area contributed by atoms with Crippen LogP contribution in [0.4, 0.5) is 4.79 Å². The first-order valence-electron chi connectivity index (χ1n) is 7.59. The van der Waals surface area contributed by atoms with E-state index in [0.29, 0.717) is 19.7 Å². The number of hydrogen-bond donors (Lipinski definition) is 2. The highest BCUT2D eigenvalue weighted by molar-refractivity contribution is 7.09. The van der Waals surface area contributed by atoms with Gasteiger partial charge in [0.15, 0.2) is 0 Å². The molecule has 0 aliphatic heterocycles. The Hall–Kier alpha value is -2.21. The smallest absolute Gasteiger partial charge is 0.314 e. The van der Waals surface area contributed by atoms with Gasteiger partial charge in [0, 0.05) is 18.0 Å². The van der Waals surface area contributed by atoms with Gasteiger partial charge in [-0.05, 0) is 48.6 Å². The third-order valence-corrected chi connectivity index (χ3v) is 4.11. The summed E-state index contributed by atoms with van der Waals surface area (Å²) in [6.07, 6.45) is 1.62. The van der Waals surface area contributed by atoms with Crippen molar-refractivity contribution >= 4 is 17.4 Å². The van der Waals surface area contributed by atoms with Crippen LogP contribution in [-0.4, -0.2) is 32.8 Å². The molecule has 0 bridgehead atoms. The van der Waals surface area contributed by atoms with Gasteiger partial charge in [-0.2, -0.15) is 0 Å². The number of thiophene rings is 1. The molecule has 0 aliphatic rings. The van der Waals surface area contributed by atoms with Crippen LogP contribution in [0.25, 0.3) is 0 Å². The lowest BCUT2D eigenvalue weighted by molar-refractivity contribution is 0.239. The van der Waals surface area contributed by atoms with Crippen molar-refractivity contribution in [3.8, 4) is 11.5 Å². The molecular formula is C17H22N2O3S. The second-order valence-corrected chi connectivity index (χ2v) is 5.92. The van der Waals surface area contributed by atoms with Gasteiger partial charge in [0.2, 0.25) is 0 Å². The zero-order chi connectivity index (χ0) is 16.3. The predicted octanol–water partition coefficient (Wildman–Crippen LogP) is 3.07. The second-order valence-electron chi connectivity index (χ2n) is 4.89. The number of urea groups is 1. The summed E-state index contributed by atoms with van der Waals surface area (Å²) in [6.45, 7) is 1.79. The molecule has 124 valence electrons. The highest BCUT2D eigenvalue weighted by Gasteiger charge is 2.00. The molecule has 0 atom stereocenters. The Kier molecular flexibility index (Phi) is 7.26. The fourth-order valence-corrected chi connectivity index (χ4v) is 2.66. The molecule has 2 rings (SSSR count). The van der Waals surface area contributed by atoms with Crippen molar-refractivity contribution in [2.75, 3.05) is 26.8 Å². The summed E-state index contributed by atoms with van der Waals surface area (Å²) in [5.74, 6) is 1.60. The molecular weight excluding hydrogens is 312 g/mol. The van der Waals surface area contributed by atoms with Gasteiger partial charge in [-0.25, -0.2) is 4.79 Å². The van der Waals surface area contributed by atoms with E-state index < -0.39 is 0 Å². The highest BCUT2D eigenvalue weighted by Crippen LogP contribution is 2.16. The van der Waals surface area contributed by atoms with E-state index in [4.69, 9.17) is 9.47 Å². The minimum atomic E-state index is -0.133. The molecule has 2 N–H and O–H groups in total. The predicted molar refractivity (Wildman–Crippen MR) is 92.5 cm³/mol. The average Bonchev–Trinajstić information content (AvgIpc) is 3.08. The monoisotopic (exact) mass is 334 g/mol. The van der Waals surface area contributed by atoms with Gasteiger partial charge < -0.3 is 20.1 Å². The van der Waals surface area contributed by atoms with Gasteiger partial charge in [-0.1, -0.05) is 6.07 Å². The maximum Gasteiger partial charge on any atom is 0.314 e. The maximum atomic E-state index is 11.6. The molecule has 1 aromatic heterocycles. The maximum absolute atomic E-state index is 11.6. The molecule has 0 aliphatic carbocycles. The van der Waals surface area contributed by atoms with Crippen molar-refractivity contribution in [3.63, 3.8) is 0 Å². The van der Waals surface area contributed by atoms with E-state index >= 15 is 0 Å². The second kappa shape index (κ2) is 9.74. The first-order valence-corrected chi connectivity index (χ1v) is 8.47. The zero-order valence-electron chi connectivity index (χ0n) is 13.2. The van der Waals surface area contributed by atoms with Crippen LogP contribution < -0.4 is 20.1 Å². The van der Waals surface area contributed by atoms with Crippen molar-refractivity contribution < 1.29 is 14.3 Å². The lowest BCUT2D eigenvalue weighted by atomic mass is 10.3. The minimum Gasteiger partial charge on any atom is -0.497 e. The van der Waals surface area contributed by atoms with Crippen LogP contribution >= 0.6 is 11.3 Å². The summed E-state index contributed by atoms with van der Waals surface area (Å²) in [5.41, 5.74) is 0. The summed E-state index contributed by atoms with van der Waals surface area (Å²) >= 11 is 1.70. The number of ether oxygens (including phenoxy) is 2. The van der Waals surface area contributed by atoms with E-state index in [1.54, 1.807) is 18.4 Å².